The van der Waals surface area contributed by atoms with E-state index in [1.165, 1.54) is 12.1 Å². The van der Waals surface area contributed by atoms with Crippen molar-refractivity contribution >= 4 is 11.5 Å². The zero-order valence-electron chi connectivity index (χ0n) is 9.83. The van der Waals surface area contributed by atoms with E-state index >= 15 is 0 Å². The monoisotopic (exact) mass is 244 g/mol. The molecule has 0 bridgehead atoms. The summed E-state index contributed by atoms with van der Waals surface area (Å²) in [7, 11) is 0. The summed E-state index contributed by atoms with van der Waals surface area (Å²) < 4.78 is 0. The van der Waals surface area contributed by atoms with Crippen LogP contribution in [0.5, 0.6) is 0 Å². The van der Waals surface area contributed by atoms with Crippen molar-refractivity contribution in [1.82, 2.24) is 9.97 Å². The number of nitrogens with zero attached hydrogens (tertiary/aromatic N) is 3. The van der Waals surface area contributed by atoms with Crippen LogP contribution in [0.4, 0.5) is 11.5 Å². The Morgan fingerprint density at radius 2 is 1.89 bits per heavy atom. The van der Waals surface area contributed by atoms with E-state index < -0.39 is 4.92 Å². The van der Waals surface area contributed by atoms with Crippen molar-refractivity contribution in [2.45, 2.75) is 6.92 Å². The van der Waals surface area contributed by atoms with Gasteiger partial charge in [-0.1, -0.05) is 0 Å². The standard InChI is InChI=1S/C12H12N4O2/c1-2-13-12-11(14-7-8-15-12)9-3-5-10(6-4-9)16(17)18/h3-8H,2H2,1H3,(H,13,15). The van der Waals surface area contributed by atoms with E-state index in [2.05, 4.69) is 15.3 Å². The first-order valence-corrected chi connectivity index (χ1v) is 5.52. The molecule has 0 spiro atoms. The van der Waals surface area contributed by atoms with Crippen LogP contribution in [0.25, 0.3) is 11.3 Å². The van der Waals surface area contributed by atoms with E-state index in [4.69, 9.17) is 0 Å². The molecule has 2 aromatic rings. The van der Waals surface area contributed by atoms with E-state index in [-0.39, 0.29) is 5.69 Å². The molecule has 0 amide bonds. The summed E-state index contributed by atoms with van der Waals surface area (Å²) in [5.41, 5.74) is 1.55. The number of benzene rings is 1. The zero-order chi connectivity index (χ0) is 13.0. The van der Waals surface area contributed by atoms with Gasteiger partial charge in [0.15, 0.2) is 5.82 Å². The van der Waals surface area contributed by atoms with Gasteiger partial charge in [0.1, 0.15) is 5.69 Å². The molecule has 0 aliphatic heterocycles. The molecule has 6 heteroatoms. The molecule has 0 saturated carbocycles. The smallest absolute Gasteiger partial charge is 0.269 e. The summed E-state index contributed by atoms with van der Waals surface area (Å²) in [5.74, 6) is 0.675. The zero-order valence-corrected chi connectivity index (χ0v) is 9.83. The Morgan fingerprint density at radius 3 is 2.50 bits per heavy atom. The number of rotatable bonds is 4. The number of aromatic nitrogens is 2. The molecule has 2 rings (SSSR count). The van der Waals surface area contributed by atoms with Gasteiger partial charge in [0.2, 0.25) is 0 Å². The van der Waals surface area contributed by atoms with Gasteiger partial charge < -0.3 is 5.32 Å². The normalized spacial score (nSPS) is 10.1. The van der Waals surface area contributed by atoms with Gasteiger partial charge in [-0.15, -0.1) is 0 Å². The summed E-state index contributed by atoms with van der Waals surface area (Å²) in [4.78, 5) is 18.6. The van der Waals surface area contributed by atoms with Crippen LogP contribution in [-0.4, -0.2) is 21.4 Å². The lowest BCUT2D eigenvalue weighted by Gasteiger charge is -2.07. The largest absolute Gasteiger partial charge is 0.369 e. The Morgan fingerprint density at radius 1 is 1.22 bits per heavy atom. The van der Waals surface area contributed by atoms with Gasteiger partial charge in [-0.2, -0.15) is 0 Å². The number of nitro groups is 1. The predicted molar refractivity (Wildman–Crippen MR) is 68.3 cm³/mol. The molecule has 1 heterocycles. The van der Waals surface area contributed by atoms with Crippen molar-refractivity contribution in [3.63, 3.8) is 0 Å². The van der Waals surface area contributed by atoms with Gasteiger partial charge >= 0.3 is 0 Å². The molecule has 0 aliphatic rings. The fourth-order valence-electron chi connectivity index (χ4n) is 1.59. The molecular formula is C12H12N4O2. The van der Waals surface area contributed by atoms with Gasteiger partial charge in [-0.05, 0) is 19.1 Å². The van der Waals surface area contributed by atoms with Gasteiger partial charge in [0.25, 0.3) is 5.69 Å². The van der Waals surface area contributed by atoms with Crippen molar-refractivity contribution in [2.75, 3.05) is 11.9 Å². The summed E-state index contributed by atoms with van der Waals surface area (Å²) in [6.07, 6.45) is 3.20. The lowest BCUT2D eigenvalue weighted by Crippen LogP contribution is -2.02. The number of hydrogen-bond acceptors (Lipinski definition) is 5. The molecule has 0 atom stereocenters. The quantitative estimate of drug-likeness (QED) is 0.660. The third kappa shape index (κ3) is 2.42. The summed E-state index contributed by atoms with van der Waals surface area (Å²) in [5, 5.41) is 13.7. The average molecular weight is 244 g/mol. The first-order chi connectivity index (χ1) is 8.72. The third-order valence-electron chi connectivity index (χ3n) is 2.39. The molecule has 0 radical (unpaired) electrons. The fourth-order valence-corrected chi connectivity index (χ4v) is 1.59. The van der Waals surface area contributed by atoms with E-state index in [0.717, 1.165) is 12.1 Å². The first-order valence-electron chi connectivity index (χ1n) is 5.52. The van der Waals surface area contributed by atoms with E-state index in [1.807, 2.05) is 6.92 Å². The maximum atomic E-state index is 10.6. The average Bonchev–Trinajstić information content (AvgIpc) is 2.40. The van der Waals surface area contributed by atoms with Crippen LogP contribution < -0.4 is 5.32 Å². The maximum absolute atomic E-state index is 10.6. The van der Waals surface area contributed by atoms with Crippen LogP contribution in [0.1, 0.15) is 6.92 Å². The van der Waals surface area contributed by atoms with Crippen molar-refractivity contribution < 1.29 is 4.92 Å². The van der Waals surface area contributed by atoms with Crippen LogP contribution >= 0.6 is 0 Å². The molecule has 18 heavy (non-hydrogen) atoms. The molecule has 92 valence electrons. The summed E-state index contributed by atoms with van der Waals surface area (Å²) in [6, 6.07) is 6.26. The highest BCUT2D eigenvalue weighted by atomic mass is 16.6. The summed E-state index contributed by atoms with van der Waals surface area (Å²) in [6.45, 7) is 2.70. The molecule has 0 unspecified atom stereocenters. The summed E-state index contributed by atoms with van der Waals surface area (Å²) >= 11 is 0. The van der Waals surface area contributed by atoms with Crippen molar-refractivity contribution in [3.05, 3.63) is 46.8 Å². The fraction of sp³-hybridized carbons (Fsp3) is 0.167. The van der Waals surface area contributed by atoms with Crippen LogP contribution in [0.2, 0.25) is 0 Å². The third-order valence-corrected chi connectivity index (χ3v) is 2.39. The molecular weight excluding hydrogens is 232 g/mol. The molecule has 6 nitrogen and oxygen atoms in total. The van der Waals surface area contributed by atoms with E-state index in [9.17, 15) is 10.1 Å². The predicted octanol–water partition coefficient (Wildman–Crippen LogP) is 2.48. The number of nitro benzene ring substituents is 1. The number of non-ortho nitro benzene ring substituents is 1. The maximum Gasteiger partial charge on any atom is 0.269 e. The highest BCUT2D eigenvalue weighted by Gasteiger charge is 2.09. The van der Waals surface area contributed by atoms with Crippen molar-refractivity contribution in [1.29, 1.82) is 0 Å². The lowest BCUT2D eigenvalue weighted by molar-refractivity contribution is -0.384. The molecule has 0 fully saturated rings. The van der Waals surface area contributed by atoms with Gasteiger partial charge in [-0.25, -0.2) is 4.98 Å². The van der Waals surface area contributed by atoms with E-state index in [1.54, 1.807) is 24.5 Å². The SMILES string of the molecule is CCNc1nccnc1-c1ccc([N+](=O)[O-])cc1. The topological polar surface area (TPSA) is 81.0 Å². The lowest BCUT2D eigenvalue weighted by atomic mass is 10.1. The minimum absolute atomic E-state index is 0.0626. The minimum atomic E-state index is -0.425. The molecule has 1 N–H and O–H groups in total. The van der Waals surface area contributed by atoms with Crippen LogP contribution in [0, 0.1) is 10.1 Å². The highest BCUT2D eigenvalue weighted by Crippen LogP contribution is 2.25. The van der Waals surface area contributed by atoms with Gasteiger partial charge in [0.05, 0.1) is 4.92 Å². The number of hydrogen-bond donors (Lipinski definition) is 1. The Kier molecular flexibility index (Phi) is 3.47. The molecule has 1 aromatic carbocycles. The molecule has 0 aliphatic carbocycles. The Labute approximate surface area is 104 Å². The van der Waals surface area contributed by atoms with Gasteiger partial charge in [-0.3, -0.25) is 15.1 Å². The van der Waals surface area contributed by atoms with Crippen LogP contribution in [-0.2, 0) is 0 Å². The number of nitrogens with one attached hydrogen (secondary N) is 1. The van der Waals surface area contributed by atoms with Crippen LogP contribution in [0.15, 0.2) is 36.7 Å². The van der Waals surface area contributed by atoms with Crippen molar-refractivity contribution in [2.24, 2.45) is 0 Å². The Balaban J connectivity index is 2.39. The first kappa shape index (κ1) is 12.0. The Hall–Kier alpha value is -2.50. The minimum Gasteiger partial charge on any atom is -0.369 e. The molecule has 0 saturated heterocycles. The second-order valence-electron chi connectivity index (χ2n) is 3.59. The van der Waals surface area contributed by atoms with Gasteiger partial charge in [0, 0.05) is 36.6 Å². The second kappa shape index (κ2) is 5.22. The van der Waals surface area contributed by atoms with Crippen LogP contribution in [0.3, 0.4) is 0 Å². The van der Waals surface area contributed by atoms with E-state index in [0.29, 0.717) is 11.5 Å². The van der Waals surface area contributed by atoms with Crippen molar-refractivity contribution in [3.8, 4) is 11.3 Å². The molecule has 1 aromatic heterocycles. The Bertz CT molecular complexity index is 554. The highest BCUT2D eigenvalue weighted by molar-refractivity contribution is 5.71. The second-order valence-corrected chi connectivity index (χ2v) is 3.59. The number of anilines is 1.